The average Bonchev–Trinajstić information content (AvgIpc) is 2.47. The second-order valence-corrected chi connectivity index (χ2v) is 6.04. The number of nitrogens with two attached hydrogens (primary N) is 1. The molecule has 0 aliphatic carbocycles. The van der Waals surface area contributed by atoms with Crippen LogP contribution in [0, 0.1) is 5.92 Å². The molecule has 20 heavy (non-hydrogen) atoms. The van der Waals surface area contributed by atoms with Crippen LogP contribution in [-0.4, -0.2) is 38.3 Å². The van der Waals surface area contributed by atoms with Gasteiger partial charge in [-0.05, 0) is 42.0 Å². The lowest BCUT2D eigenvalue weighted by Crippen LogP contribution is -2.49. The van der Waals surface area contributed by atoms with Crippen molar-refractivity contribution in [2.45, 2.75) is 31.8 Å². The van der Waals surface area contributed by atoms with Crippen LogP contribution in [0.4, 0.5) is 0 Å². The minimum absolute atomic E-state index is 0.287. The van der Waals surface area contributed by atoms with E-state index in [1.165, 1.54) is 11.1 Å². The van der Waals surface area contributed by atoms with Crippen LogP contribution in [-0.2, 0) is 6.42 Å². The highest BCUT2D eigenvalue weighted by Crippen LogP contribution is 2.42. The highest BCUT2D eigenvalue weighted by atomic mass is 16.5. The fourth-order valence-corrected chi connectivity index (χ4v) is 3.57. The Morgan fingerprint density at radius 1 is 1.20 bits per heavy atom. The molecule has 1 saturated heterocycles. The van der Waals surface area contributed by atoms with Crippen molar-refractivity contribution >= 4 is 0 Å². The fraction of sp³-hybridized carbons (Fsp3) is 0.625. The third-order valence-electron chi connectivity index (χ3n) is 4.86. The normalized spacial score (nSPS) is 29.5. The predicted octanol–water partition coefficient (Wildman–Crippen LogP) is 1.97. The number of ether oxygens (including phenoxy) is 2. The number of hydrogen-bond donors (Lipinski definition) is 1. The van der Waals surface area contributed by atoms with Crippen molar-refractivity contribution in [3.8, 4) is 11.5 Å². The molecule has 2 aliphatic heterocycles. The van der Waals surface area contributed by atoms with Crippen molar-refractivity contribution in [2.75, 3.05) is 27.3 Å². The summed E-state index contributed by atoms with van der Waals surface area (Å²) in [6, 6.07) is 5.00. The molecule has 2 N–H and O–H groups in total. The van der Waals surface area contributed by atoms with Crippen LogP contribution in [0.25, 0.3) is 0 Å². The SMILES string of the molecule is COc1cc2c(cc1OC)C1C[C@@H](N)[C@H](C)CN1CC2. The fourth-order valence-electron chi connectivity index (χ4n) is 3.57. The standard InChI is InChI=1S/C16H24N2O2/c1-10-9-18-5-4-11-6-15(19-2)16(20-3)7-12(11)14(18)8-13(10)17/h6-7,10,13-14H,4-5,8-9,17H2,1-3H3/t10-,13-,14?/m1/s1. The summed E-state index contributed by atoms with van der Waals surface area (Å²) in [6.45, 7) is 4.47. The summed E-state index contributed by atoms with van der Waals surface area (Å²) in [4.78, 5) is 2.57. The molecular weight excluding hydrogens is 252 g/mol. The summed E-state index contributed by atoms with van der Waals surface area (Å²) >= 11 is 0. The van der Waals surface area contributed by atoms with Crippen LogP contribution in [0.3, 0.4) is 0 Å². The summed E-state index contributed by atoms with van der Waals surface area (Å²) in [5.41, 5.74) is 9.04. The molecular formula is C16H24N2O2. The molecule has 0 spiro atoms. The van der Waals surface area contributed by atoms with Crippen molar-refractivity contribution in [2.24, 2.45) is 11.7 Å². The molecule has 0 saturated carbocycles. The Morgan fingerprint density at radius 2 is 1.90 bits per heavy atom. The third kappa shape index (κ3) is 2.17. The molecule has 1 aromatic rings. The lowest BCUT2D eigenvalue weighted by Gasteiger charge is -2.45. The van der Waals surface area contributed by atoms with E-state index in [1.54, 1.807) is 14.2 Å². The van der Waals surface area contributed by atoms with Gasteiger partial charge in [-0.15, -0.1) is 0 Å². The third-order valence-corrected chi connectivity index (χ3v) is 4.86. The topological polar surface area (TPSA) is 47.7 Å². The first-order valence-electron chi connectivity index (χ1n) is 7.38. The van der Waals surface area contributed by atoms with Gasteiger partial charge in [0.25, 0.3) is 0 Å². The first-order valence-corrected chi connectivity index (χ1v) is 7.38. The van der Waals surface area contributed by atoms with Crippen LogP contribution >= 0.6 is 0 Å². The molecule has 0 aromatic heterocycles. The lowest BCUT2D eigenvalue weighted by atomic mass is 9.81. The van der Waals surface area contributed by atoms with Gasteiger partial charge in [-0.25, -0.2) is 0 Å². The van der Waals surface area contributed by atoms with Gasteiger partial charge in [0.15, 0.2) is 11.5 Å². The van der Waals surface area contributed by atoms with Gasteiger partial charge in [0.1, 0.15) is 0 Å². The zero-order valence-electron chi connectivity index (χ0n) is 12.6. The predicted molar refractivity (Wildman–Crippen MR) is 79.3 cm³/mol. The minimum atomic E-state index is 0.287. The zero-order valence-corrected chi connectivity index (χ0v) is 12.6. The number of nitrogens with zero attached hydrogens (tertiary/aromatic N) is 1. The van der Waals surface area contributed by atoms with Gasteiger partial charge in [-0.3, -0.25) is 4.90 Å². The van der Waals surface area contributed by atoms with E-state index in [1.807, 2.05) is 0 Å². The minimum Gasteiger partial charge on any atom is -0.493 e. The molecule has 2 heterocycles. The molecule has 4 nitrogen and oxygen atoms in total. The van der Waals surface area contributed by atoms with Gasteiger partial charge in [-0.2, -0.15) is 0 Å². The van der Waals surface area contributed by atoms with Crippen LogP contribution in [0.1, 0.15) is 30.5 Å². The van der Waals surface area contributed by atoms with Crippen LogP contribution < -0.4 is 15.2 Å². The Hall–Kier alpha value is -1.26. The van der Waals surface area contributed by atoms with Gasteiger partial charge >= 0.3 is 0 Å². The number of rotatable bonds is 2. The summed E-state index contributed by atoms with van der Waals surface area (Å²) in [5.74, 6) is 2.22. The molecule has 0 radical (unpaired) electrons. The molecule has 1 aromatic carbocycles. The van der Waals surface area contributed by atoms with E-state index in [4.69, 9.17) is 15.2 Å². The zero-order chi connectivity index (χ0) is 14.3. The summed E-state index contributed by atoms with van der Waals surface area (Å²) < 4.78 is 10.9. The van der Waals surface area contributed by atoms with E-state index in [2.05, 4.69) is 24.0 Å². The van der Waals surface area contributed by atoms with E-state index in [0.717, 1.165) is 37.4 Å². The van der Waals surface area contributed by atoms with E-state index in [9.17, 15) is 0 Å². The van der Waals surface area contributed by atoms with Gasteiger partial charge < -0.3 is 15.2 Å². The van der Waals surface area contributed by atoms with E-state index < -0.39 is 0 Å². The molecule has 110 valence electrons. The largest absolute Gasteiger partial charge is 0.493 e. The molecule has 2 aliphatic rings. The smallest absolute Gasteiger partial charge is 0.161 e. The lowest BCUT2D eigenvalue weighted by molar-refractivity contribution is 0.0899. The quantitative estimate of drug-likeness (QED) is 0.897. The number of hydrogen-bond acceptors (Lipinski definition) is 4. The number of fused-ring (bicyclic) bond motifs is 3. The van der Waals surface area contributed by atoms with Crippen LogP contribution in [0.15, 0.2) is 12.1 Å². The Morgan fingerprint density at radius 3 is 2.60 bits per heavy atom. The van der Waals surface area contributed by atoms with E-state index >= 15 is 0 Å². The monoisotopic (exact) mass is 276 g/mol. The number of benzene rings is 1. The molecule has 0 amide bonds. The maximum Gasteiger partial charge on any atom is 0.161 e. The summed E-state index contributed by atoms with van der Waals surface area (Å²) in [5, 5.41) is 0. The first kappa shape index (κ1) is 13.7. The van der Waals surface area contributed by atoms with E-state index in [0.29, 0.717) is 12.0 Å². The Kier molecular flexibility index (Phi) is 3.61. The second-order valence-electron chi connectivity index (χ2n) is 6.04. The molecule has 1 unspecified atom stereocenters. The van der Waals surface area contributed by atoms with Crippen molar-refractivity contribution in [3.05, 3.63) is 23.3 Å². The maximum atomic E-state index is 6.29. The highest BCUT2D eigenvalue weighted by molar-refractivity contribution is 5.49. The van der Waals surface area contributed by atoms with Crippen molar-refractivity contribution in [1.82, 2.24) is 4.90 Å². The Labute approximate surface area is 120 Å². The van der Waals surface area contributed by atoms with Gasteiger partial charge in [0.2, 0.25) is 0 Å². The molecule has 4 heteroatoms. The first-order chi connectivity index (χ1) is 9.63. The molecule has 0 bridgehead atoms. The Balaban J connectivity index is 1.99. The molecule has 3 rings (SSSR count). The Bertz CT molecular complexity index is 503. The number of piperidine rings is 1. The maximum absolute atomic E-state index is 6.29. The van der Waals surface area contributed by atoms with Gasteiger partial charge in [0.05, 0.1) is 14.2 Å². The van der Waals surface area contributed by atoms with Gasteiger partial charge in [-0.1, -0.05) is 6.92 Å². The van der Waals surface area contributed by atoms with Crippen molar-refractivity contribution in [1.29, 1.82) is 0 Å². The average molecular weight is 276 g/mol. The van der Waals surface area contributed by atoms with Crippen LogP contribution in [0.5, 0.6) is 11.5 Å². The van der Waals surface area contributed by atoms with E-state index in [-0.39, 0.29) is 6.04 Å². The summed E-state index contributed by atoms with van der Waals surface area (Å²) in [7, 11) is 3.39. The van der Waals surface area contributed by atoms with Gasteiger partial charge in [0, 0.05) is 25.2 Å². The van der Waals surface area contributed by atoms with Crippen molar-refractivity contribution in [3.63, 3.8) is 0 Å². The highest BCUT2D eigenvalue weighted by Gasteiger charge is 2.36. The summed E-state index contributed by atoms with van der Waals surface area (Å²) in [6.07, 6.45) is 2.11. The van der Waals surface area contributed by atoms with Crippen LogP contribution in [0.2, 0.25) is 0 Å². The molecule has 1 fully saturated rings. The van der Waals surface area contributed by atoms with Crippen molar-refractivity contribution < 1.29 is 9.47 Å². The molecule has 3 atom stereocenters. The number of methoxy groups -OCH3 is 2. The second kappa shape index (κ2) is 5.26.